The zero-order valence-corrected chi connectivity index (χ0v) is 14.1. The lowest BCUT2D eigenvalue weighted by atomic mass is 9.91. The summed E-state index contributed by atoms with van der Waals surface area (Å²) in [6, 6.07) is 3.15. The first-order valence-electron chi connectivity index (χ1n) is 7.61. The van der Waals surface area contributed by atoms with E-state index in [0.717, 1.165) is 30.7 Å². The van der Waals surface area contributed by atoms with Crippen LogP contribution in [-0.2, 0) is 0 Å². The minimum atomic E-state index is -0.489. The lowest BCUT2D eigenvalue weighted by Crippen LogP contribution is -2.25. The summed E-state index contributed by atoms with van der Waals surface area (Å²) in [6.45, 7) is 6.70. The molecule has 22 heavy (non-hydrogen) atoms. The summed E-state index contributed by atoms with van der Waals surface area (Å²) >= 11 is 6.19. The van der Waals surface area contributed by atoms with Gasteiger partial charge < -0.3 is 9.84 Å². The third-order valence-corrected chi connectivity index (χ3v) is 4.15. The molecular weight excluding hydrogens is 305 g/mol. The van der Waals surface area contributed by atoms with Gasteiger partial charge in [0.05, 0.1) is 18.2 Å². The largest absolute Gasteiger partial charge is 0.488 e. The molecule has 0 amide bonds. The predicted molar refractivity (Wildman–Crippen MR) is 87.6 cm³/mol. The van der Waals surface area contributed by atoms with Crippen LogP contribution < -0.4 is 4.74 Å². The molecule has 1 unspecified atom stereocenters. The van der Waals surface area contributed by atoms with Gasteiger partial charge in [-0.3, -0.25) is 4.99 Å². The van der Waals surface area contributed by atoms with Crippen molar-refractivity contribution in [1.29, 1.82) is 0 Å². The second-order valence-corrected chi connectivity index (χ2v) is 7.10. The van der Waals surface area contributed by atoms with Gasteiger partial charge in [-0.25, -0.2) is 4.39 Å². The van der Waals surface area contributed by atoms with Crippen LogP contribution in [0.15, 0.2) is 17.1 Å². The number of aliphatic hydroxyl groups excluding tert-OH is 1. The van der Waals surface area contributed by atoms with Crippen LogP contribution >= 0.6 is 11.6 Å². The van der Waals surface area contributed by atoms with Crippen molar-refractivity contribution >= 4 is 17.3 Å². The molecule has 122 valence electrons. The van der Waals surface area contributed by atoms with Gasteiger partial charge in [-0.15, -0.1) is 0 Å². The zero-order chi connectivity index (χ0) is 16.3. The Bertz CT molecular complexity index is 549. The molecule has 1 aromatic carbocycles. The van der Waals surface area contributed by atoms with Gasteiger partial charge in [0, 0.05) is 23.2 Å². The number of rotatable bonds is 5. The zero-order valence-electron chi connectivity index (χ0n) is 13.3. The van der Waals surface area contributed by atoms with Gasteiger partial charge in [0.15, 0.2) is 11.6 Å². The van der Waals surface area contributed by atoms with Crippen molar-refractivity contribution in [2.75, 3.05) is 19.8 Å². The number of benzene rings is 1. The van der Waals surface area contributed by atoms with E-state index in [2.05, 4.69) is 11.9 Å². The van der Waals surface area contributed by atoms with Gasteiger partial charge in [-0.2, -0.15) is 0 Å². The van der Waals surface area contributed by atoms with Crippen LogP contribution in [0.5, 0.6) is 5.75 Å². The van der Waals surface area contributed by atoms with Gasteiger partial charge >= 0.3 is 0 Å². The minimum Gasteiger partial charge on any atom is -0.488 e. The highest BCUT2D eigenvalue weighted by molar-refractivity contribution is 6.32. The molecule has 0 spiro atoms. The van der Waals surface area contributed by atoms with Crippen molar-refractivity contribution in [3.05, 3.63) is 28.5 Å². The van der Waals surface area contributed by atoms with E-state index in [9.17, 15) is 9.50 Å². The van der Waals surface area contributed by atoms with Crippen LogP contribution in [0, 0.1) is 17.2 Å². The normalized spacial score (nSPS) is 19.0. The Hall–Kier alpha value is -1.13. The highest BCUT2D eigenvalue weighted by Gasteiger charge is 2.22. The van der Waals surface area contributed by atoms with E-state index in [1.54, 1.807) is 6.07 Å². The lowest BCUT2D eigenvalue weighted by molar-refractivity contribution is 0.0954. The molecule has 0 radical (unpaired) electrons. The van der Waals surface area contributed by atoms with Gasteiger partial charge in [-0.05, 0) is 30.9 Å². The topological polar surface area (TPSA) is 41.8 Å². The fraction of sp³-hybridized carbons (Fsp3) is 0.588. The monoisotopic (exact) mass is 327 g/mol. The molecule has 0 aromatic heterocycles. The van der Waals surface area contributed by atoms with Crippen LogP contribution in [0.3, 0.4) is 0 Å². The second kappa shape index (κ2) is 6.97. The Balaban J connectivity index is 2.23. The molecule has 1 heterocycles. The van der Waals surface area contributed by atoms with Gasteiger partial charge in [0.25, 0.3) is 0 Å². The second-order valence-electron chi connectivity index (χ2n) is 6.69. The quantitative estimate of drug-likeness (QED) is 0.884. The Kier molecular flexibility index (Phi) is 5.45. The Morgan fingerprint density at radius 2 is 2.18 bits per heavy atom. The third-order valence-electron chi connectivity index (χ3n) is 3.87. The number of nitrogens with zero attached hydrogens (tertiary/aromatic N) is 1. The minimum absolute atomic E-state index is 0.0380. The molecule has 1 aliphatic rings. The maximum absolute atomic E-state index is 14.3. The van der Waals surface area contributed by atoms with Gasteiger partial charge in [0.1, 0.15) is 0 Å². The molecule has 1 aliphatic heterocycles. The van der Waals surface area contributed by atoms with Crippen LogP contribution in [0.4, 0.5) is 4.39 Å². The first-order chi connectivity index (χ1) is 10.3. The predicted octanol–water partition coefficient (Wildman–Crippen LogP) is 4.10. The number of aliphatic imine (C=N–C) groups is 1. The van der Waals surface area contributed by atoms with Crippen molar-refractivity contribution in [3.8, 4) is 5.75 Å². The summed E-state index contributed by atoms with van der Waals surface area (Å²) in [5, 5.41) is 9.47. The Morgan fingerprint density at radius 3 is 2.77 bits per heavy atom. The van der Waals surface area contributed by atoms with E-state index < -0.39 is 11.2 Å². The summed E-state index contributed by atoms with van der Waals surface area (Å²) < 4.78 is 19.8. The highest BCUT2D eigenvalue weighted by atomic mass is 35.5. The fourth-order valence-electron chi connectivity index (χ4n) is 2.42. The van der Waals surface area contributed by atoms with Crippen LogP contribution in [0.25, 0.3) is 0 Å². The third kappa shape index (κ3) is 3.99. The number of ether oxygens (including phenoxy) is 1. The molecule has 1 atom stereocenters. The molecule has 0 saturated heterocycles. The van der Waals surface area contributed by atoms with E-state index >= 15 is 0 Å². The summed E-state index contributed by atoms with van der Waals surface area (Å²) in [7, 11) is 0. The van der Waals surface area contributed by atoms with E-state index in [-0.39, 0.29) is 24.0 Å². The number of hydrogen-bond acceptors (Lipinski definition) is 3. The summed E-state index contributed by atoms with van der Waals surface area (Å²) in [5.74, 6) is -0.142. The van der Waals surface area contributed by atoms with E-state index in [4.69, 9.17) is 16.3 Å². The molecule has 5 heteroatoms. The first-order valence-corrected chi connectivity index (χ1v) is 7.99. The van der Waals surface area contributed by atoms with Crippen molar-refractivity contribution in [3.63, 3.8) is 0 Å². The summed E-state index contributed by atoms with van der Waals surface area (Å²) in [4.78, 5) is 4.51. The molecule has 0 bridgehead atoms. The van der Waals surface area contributed by atoms with Crippen LogP contribution in [0.2, 0.25) is 5.02 Å². The number of halogens is 2. The maximum Gasteiger partial charge on any atom is 0.173 e. The average Bonchev–Trinajstić information content (AvgIpc) is 2.46. The maximum atomic E-state index is 14.3. The molecular formula is C17H23ClFNO2. The Morgan fingerprint density at radius 1 is 1.45 bits per heavy atom. The highest BCUT2D eigenvalue weighted by Crippen LogP contribution is 2.32. The summed E-state index contributed by atoms with van der Waals surface area (Å²) in [6.07, 6.45) is 2.12. The molecule has 0 saturated carbocycles. The first kappa shape index (κ1) is 17.2. The lowest BCUT2D eigenvalue weighted by Gasteiger charge is -2.23. The number of aliphatic hydroxyl groups is 1. The smallest absolute Gasteiger partial charge is 0.173 e. The molecule has 1 aromatic rings. The molecule has 0 aliphatic carbocycles. The molecule has 0 fully saturated rings. The molecule has 1 N–H and O–H groups in total. The van der Waals surface area contributed by atoms with Crippen molar-refractivity contribution < 1.29 is 14.2 Å². The van der Waals surface area contributed by atoms with Crippen LogP contribution in [0.1, 0.15) is 39.2 Å². The Labute approximate surface area is 136 Å². The van der Waals surface area contributed by atoms with E-state index in [1.807, 2.05) is 13.8 Å². The summed E-state index contributed by atoms with van der Waals surface area (Å²) in [5.41, 5.74) is 1.19. The van der Waals surface area contributed by atoms with Gasteiger partial charge in [0.2, 0.25) is 0 Å². The van der Waals surface area contributed by atoms with Crippen LogP contribution in [-0.4, -0.2) is 30.6 Å². The van der Waals surface area contributed by atoms with E-state index in [0.29, 0.717) is 5.92 Å². The molecule has 2 rings (SSSR count). The molecule has 3 nitrogen and oxygen atoms in total. The number of hydrogen-bond donors (Lipinski definition) is 1. The average molecular weight is 328 g/mol. The van der Waals surface area contributed by atoms with Crippen molar-refractivity contribution in [2.45, 2.75) is 33.6 Å². The van der Waals surface area contributed by atoms with Crippen molar-refractivity contribution in [2.24, 2.45) is 16.3 Å². The van der Waals surface area contributed by atoms with Crippen molar-refractivity contribution in [1.82, 2.24) is 0 Å². The standard InChI is InChI=1S/C17H23ClFNO2/c1-11-5-4-6-20-15(11)12-7-13(18)16(14(19)8-12)22-10-17(2,3)9-21/h7-8,11,21H,4-6,9-10H2,1-3H3. The fourth-order valence-corrected chi connectivity index (χ4v) is 2.69. The SMILES string of the molecule is CC1CCCN=C1c1cc(F)c(OCC(C)(C)CO)c(Cl)c1. The van der Waals surface area contributed by atoms with E-state index in [1.165, 1.54) is 6.07 Å². The van der Waals surface area contributed by atoms with Gasteiger partial charge in [-0.1, -0.05) is 32.4 Å².